The molecule has 0 spiro atoms. The summed E-state index contributed by atoms with van der Waals surface area (Å²) in [6.07, 6.45) is 6.59. The predicted molar refractivity (Wildman–Crippen MR) is 71.7 cm³/mol. The SMILES string of the molecule is CCCCCCC(C)OCc1cccc(N)n1. The molecular formula is C14H24N2O. The number of nitrogens with two attached hydrogens (primary N) is 1. The van der Waals surface area contributed by atoms with Crippen molar-refractivity contribution in [1.29, 1.82) is 0 Å². The summed E-state index contributed by atoms with van der Waals surface area (Å²) in [5.74, 6) is 0.557. The van der Waals surface area contributed by atoms with Crippen LogP contribution in [0.4, 0.5) is 5.82 Å². The molecule has 0 saturated heterocycles. The lowest BCUT2D eigenvalue weighted by Crippen LogP contribution is -2.09. The summed E-state index contributed by atoms with van der Waals surface area (Å²) >= 11 is 0. The quantitative estimate of drug-likeness (QED) is 0.702. The molecule has 0 radical (unpaired) electrons. The van der Waals surface area contributed by atoms with Crippen molar-refractivity contribution in [3.05, 3.63) is 23.9 Å². The fraction of sp³-hybridized carbons (Fsp3) is 0.643. The number of hydrogen-bond donors (Lipinski definition) is 1. The van der Waals surface area contributed by atoms with Crippen molar-refractivity contribution >= 4 is 5.82 Å². The minimum Gasteiger partial charge on any atom is -0.384 e. The van der Waals surface area contributed by atoms with Gasteiger partial charge in [-0.2, -0.15) is 0 Å². The van der Waals surface area contributed by atoms with Crippen molar-refractivity contribution in [3.8, 4) is 0 Å². The van der Waals surface area contributed by atoms with Gasteiger partial charge in [0.1, 0.15) is 5.82 Å². The van der Waals surface area contributed by atoms with E-state index in [4.69, 9.17) is 10.5 Å². The number of hydrogen-bond acceptors (Lipinski definition) is 3. The molecular weight excluding hydrogens is 212 g/mol. The molecule has 1 aromatic heterocycles. The molecule has 1 aromatic rings. The van der Waals surface area contributed by atoms with Crippen LogP contribution in [-0.2, 0) is 11.3 Å². The van der Waals surface area contributed by atoms with E-state index >= 15 is 0 Å². The van der Waals surface area contributed by atoms with E-state index < -0.39 is 0 Å². The minimum atomic E-state index is 0.301. The Bertz CT molecular complexity index is 315. The Kier molecular flexibility index (Phi) is 6.63. The Morgan fingerprint density at radius 3 is 2.82 bits per heavy atom. The van der Waals surface area contributed by atoms with E-state index in [2.05, 4.69) is 18.8 Å². The van der Waals surface area contributed by atoms with Gasteiger partial charge in [-0.25, -0.2) is 4.98 Å². The van der Waals surface area contributed by atoms with Gasteiger partial charge in [-0.3, -0.25) is 0 Å². The van der Waals surface area contributed by atoms with E-state index in [9.17, 15) is 0 Å². The second kappa shape index (κ2) is 8.07. The number of rotatable bonds is 8. The molecule has 0 aliphatic rings. The summed E-state index contributed by atoms with van der Waals surface area (Å²) in [7, 11) is 0. The molecule has 1 unspecified atom stereocenters. The van der Waals surface area contributed by atoms with Crippen molar-refractivity contribution in [2.24, 2.45) is 0 Å². The molecule has 17 heavy (non-hydrogen) atoms. The van der Waals surface area contributed by atoms with Crippen molar-refractivity contribution in [1.82, 2.24) is 4.98 Å². The van der Waals surface area contributed by atoms with Crippen LogP contribution in [0.15, 0.2) is 18.2 Å². The summed E-state index contributed by atoms with van der Waals surface area (Å²) in [6, 6.07) is 5.64. The smallest absolute Gasteiger partial charge is 0.123 e. The topological polar surface area (TPSA) is 48.1 Å². The summed E-state index contributed by atoms with van der Waals surface area (Å²) in [5, 5.41) is 0. The van der Waals surface area contributed by atoms with Crippen LogP contribution in [0.25, 0.3) is 0 Å². The number of nitrogens with zero attached hydrogens (tertiary/aromatic N) is 1. The molecule has 0 amide bonds. The molecule has 0 aliphatic heterocycles. The number of anilines is 1. The third kappa shape index (κ3) is 6.27. The van der Waals surface area contributed by atoms with E-state index in [-0.39, 0.29) is 0 Å². The largest absolute Gasteiger partial charge is 0.384 e. The number of pyridine rings is 1. The molecule has 2 N–H and O–H groups in total. The summed E-state index contributed by atoms with van der Waals surface area (Å²) in [4.78, 5) is 4.21. The van der Waals surface area contributed by atoms with Crippen LogP contribution >= 0.6 is 0 Å². The van der Waals surface area contributed by atoms with Gasteiger partial charge in [-0.05, 0) is 25.5 Å². The Morgan fingerprint density at radius 1 is 1.29 bits per heavy atom. The van der Waals surface area contributed by atoms with Gasteiger partial charge < -0.3 is 10.5 Å². The third-order valence-corrected chi connectivity index (χ3v) is 2.81. The summed E-state index contributed by atoms with van der Waals surface area (Å²) < 4.78 is 5.75. The molecule has 3 nitrogen and oxygen atoms in total. The highest BCUT2D eigenvalue weighted by molar-refractivity contribution is 5.28. The highest BCUT2D eigenvalue weighted by Gasteiger charge is 2.03. The van der Waals surface area contributed by atoms with Crippen LogP contribution < -0.4 is 5.73 Å². The van der Waals surface area contributed by atoms with Gasteiger partial charge >= 0.3 is 0 Å². The zero-order valence-corrected chi connectivity index (χ0v) is 11.0. The normalized spacial score (nSPS) is 12.6. The maximum absolute atomic E-state index is 5.75. The standard InChI is InChI=1S/C14H24N2O/c1-3-4-5-6-8-12(2)17-11-13-9-7-10-14(15)16-13/h7,9-10,12H,3-6,8,11H2,1-2H3,(H2,15,16). The molecule has 3 heteroatoms. The zero-order valence-electron chi connectivity index (χ0n) is 11.0. The first-order valence-corrected chi connectivity index (χ1v) is 6.55. The molecule has 1 heterocycles. The fourth-order valence-corrected chi connectivity index (χ4v) is 1.75. The molecule has 0 aliphatic carbocycles. The Balaban J connectivity index is 2.17. The molecule has 0 aromatic carbocycles. The molecule has 0 fully saturated rings. The highest BCUT2D eigenvalue weighted by atomic mass is 16.5. The number of ether oxygens (including phenoxy) is 1. The van der Waals surface area contributed by atoms with Gasteiger partial charge in [0, 0.05) is 0 Å². The lowest BCUT2D eigenvalue weighted by Gasteiger charge is -2.12. The first-order valence-electron chi connectivity index (χ1n) is 6.55. The Hall–Kier alpha value is -1.09. The number of nitrogen functional groups attached to an aromatic ring is 1. The second-order valence-electron chi connectivity index (χ2n) is 4.52. The predicted octanol–water partition coefficient (Wildman–Crippen LogP) is 3.54. The van der Waals surface area contributed by atoms with E-state index in [0.29, 0.717) is 18.5 Å². The fourth-order valence-electron chi connectivity index (χ4n) is 1.75. The second-order valence-corrected chi connectivity index (χ2v) is 4.52. The Labute approximate surface area is 104 Å². The van der Waals surface area contributed by atoms with Crippen LogP contribution in [0, 0.1) is 0 Å². The maximum Gasteiger partial charge on any atom is 0.123 e. The van der Waals surface area contributed by atoms with Gasteiger partial charge in [0.25, 0.3) is 0 Å². The van der Waals surface area contributed by atoms with E-state index in [0.717, 1.165) is 12.1 Å². The third-order valence-electron chi connectivity index (χ3n) is 2.81. The van der Waals surface area contributed by atoms with Gasteiger partial charge in [0.2, 0.25) is 0 Å². The van der Waals surface area contributed by atoms with Crippen LogP contribution in [-0.4, -0.2) is 11.1 Å². The molecule has 1 atom stereocenters. The monoisotopic (exact) mass is 236 g/mol. The summed E-state index contributed by atoms with van der Waals surface area (Å²) in [5.41, 5.74) is 6.52. The first kappa shape index (κ1) is 14.0. The lowest BCUT2D eigenvalue weighted by atomic mass is 10.1. The summed E-state index contributed by atoms with van der Waals surface area (Å²) in [6.45, 7) is 4.91. The number of unbranched alkanes of at least 4 members (excludes halogenated alkanes) is 3. The molecule has 0 saturated carbocycles. The van der Waals surface area contributed by atoms with Crippen molar-refractivity contribution in [2.45, 2.75) is 58.7 Å². The van der Waals surface area contributed by atoms with Crippen LogP contribution in [0.1, 0.15) is 51.6 Å². The first-order chi connectivity index (χ1) is 8.22. The molecule has 1 rings (SSSR count). The van der Waals surface area contributed by atoms with Crippen LogP contribution in [0.5, 0.6) is 0 Å². The van der Waals surface area contributed by atoms with Gasteiger partial charge in [-0.15, -0.1) is 0 Å². The maximum atomic E-state index is 5.75. The van der Waals surface area contributed by atoms with Gasteiger partial charge in [0.15, 0.2) is 0 Å². The lowest BCUT2D eigenvalue weighted by molar-refractivity contribution is 0.0441. The van der Waals surface area contributed by atoms with Crippen LogP contribution in [0.3, 0.4) is 0 Å². The van der Waals surface area contributed by atoms with Crippen molar-refractivity contribution in [2.75, 3.05) is 5.73 Å². The highest BCUT2D eigenvalue weighted by Crippen LogP contribution is 2.10. The minimum absolute atomic E-state index is 0.301. The average molecular weight is 236 g/mol. The zero-order chi connectivity index (χ0) is 12.5. The average Bonchev–Trinajstić information content (AvgIpc) is 2.32. The van der Waals surface area contributed by atoms with Gasteiger partial charge in [-0.1, -0.05) is 38.7 Å². The molecule has 96 valence electrons. The van der Waals surface area contributed by atoms with Crippen molar-refractivity contribution < 1.29 is 4.74 Å². The molecule has 0 bridgehead atoms. The number of aromatic nitrogens is 1. The van der Waals surface area contributed by atoms with Gasteiger partial charge in [0.05, 0.1) is 18.4 Å². The Morgan fingerprint density at radius 2 is 2.12 bits per heavy atom. The van der Waals surface area contributed by atoms with Crippen LogP contribution in [0.2, 0.25) is 0 Å². The van der Waals surface area contributed by atoms with Crippen molar-refractivity contribution in [3.63, 3.8) is 0 Å². The van der Waals surface area contributed by atoms with E-state index in [1.807, 2.05) is 12.1 Å². The van der Waals surface area contributed by atoms with E-state index in [1.54, 1.807) is 6.07 Å². The van der Waals surface area contributed by atoms with E-state index in [1.165, 1.54) is 25.7 Å².